The van der Waals surface area contributed by atoms with Crippen molar-refractivity contribution in [2.24, 2.45) is 0 Å². The lowest BCUT2D eigenvalue weighted by molar-refractivity contribution is 0.0459. The van der Waals surface area contributed by atoms with E-state index in [-0.39, 0.29) is 5.91 Å². The van der Waals surface area contributed by atoms with Gasteiger partial charge in [0.25, 0.3) is 5.91 Å². The molecule has 6 heteroatoms. The second kappa shape index (κ2) is 5.85. The van der Waals surface area contributed by atoms with E-state index in [0.717, 1.165) is 47.7 Å². The standard InChI is InChI=1S/C16H20N4OS/c21-16(15-5-4-14(22-15)13-6-7-17-18-13)20-10-8-19(9-11-20)12-2-1-3-12/h4-7,12H,1-3,8-11H2,(H,17,18). The van der Waals surface area contributed by atoms with Gasteiger partial charge in [0.15, 0.2) is 0 Å². The molecule has 2 fully saturated rings. The van der Waals surface area contributed by atoms with Gasteiger partial charge in [-0.2, -0.15) is 5.10 Å². The van der Waals surface area contributed by atoms with Gasteiger partial charge in [-0.1, -0.05) is 6.42 Å². The van der Waals surface area contributed by atoms with Crippen LogP contribution in [0.25, 0.3) is 10.6 Å². The number of aromatic nitrogens is 2. The third-order valence-corrected chi connectivity index (χ3v) is 5.88. The molecule has 0 spiro atoms. The van der Waals surface area contributed by atoms with Crippen LogP contribution in [0.4, 0.5) is 0 Å². The summed E-state index contributed by atoms with van der Waals surface area (Å²) >= 11 is 1.54. The van der Waals surface area contributed by atoms with Gasteiger partial charge >= 0.3 is 0 Å². The van der Waals surface area contributed by atoms with Crippen LogP contribution in [0.15, 0.2) is 24.4 Å². The zero-order valence-corrected chi connectivity index (χ0v) is 13.3. The largest absolute Gasteiger partial charge is 0.335 e. The fraction of sp³-hybridized carbons (Fsp3) is 0.500. The van der Waals surface area contributed by atoms with Crippen LogP contribution in [0.3, 0.4) is 0 Å². The van der Waals surface area contributed by atoms with E-state index in [1.807, 2.05) is 23.1 Å². The van der Waals surface area contributed by atoms with Crippen molar-refractivity contribution in [3.05, 3.63) is 29.3 Å². The fourth-order valence-corrected chi connectivity index (χ4v) is 4.14. The number of aromatic amines is 1. The van der Waals surface area contributed by atoms with Crippen molar-refractivity contribution in [2.75, 3.05) is 26.2 Å². The minimum atomic E-state index is 0.170. The molecule has 0 unspecified atom stereocenters. The summed E-state index contributed by atoms with van der Waals surface area (Å²) < 4.78 is 0. The number of H-pyrrole nitrogens is 1. The molecule has 2 aromatic rings. The van der Waals surface area contributed by atoms with Crippen LogP contribution in [0, 0.1) is 0 Å². The minimum Gasteiger partial charge on any atom is -0.335 e. The normalized spacial score (nSPS) is 20.1. The zero-order valence-electron chi connectivity index (χ0n) is 12.5. The molecule has 1 aliphatic carbocycles. The van der Waals surface area contributed by atoms with E-state index in [1.54, 1.807) is 6.20 Å². The molecule has 2 aliphatic rings. The number of hydrogen-bond donors (Lipinski definition) is 1. The Morgan fingerprint density at radius 3 is 2.64 bits per heavy atom. The number of thiophene rings is 1. The molecule has 1 amide bonds. The maximum Gasteiger partial charge on any atom is 0.264 e. The summed E-state index contributed by atoms with van der Waals surface area (Å²) in [4.78, 5) is 19.1. The SMILES string of the molecule is O=C(c1ccc(-c2ccn[nH]2)s1)N1CCN(C2CCC2)CC1. The zero-order chi connectivity index (χ0) is 14.9. The molecule has 5 nitrogen and oxygen atoms in total. The number of rotatable bonds is 3. The van der Waals surface area contributed by atoms with E-state index < -0.39 is 0 Å². The maximum atomic E-state index is 12.6. The maximum absolute atomic E-state index is 12.6. The van der Waals surface area contributed by atoms with Crippen molar-refractivity contribution in [3.8, 4) is 10.6 Å². The molecule has 0 aromatic carbocycles. The van der Waals surface area contributed by atoms with Crippen LogP contribution in [-0.4, -0.2) is 58.1 Å². The Morgan fingerprint density at radius 1 is 1.18 bits per heavy atom. The highest BCUT2D eigenvalue weighted by molar-refractivity contribution is 7.17. The topological polar surface area (TPSA) is 52.2 Å². The molecule has 0 radical (unpaired) electrons. The van der Waals surface area contributed by atoms with Gasteiger partial charge in [-0.3, -0.25) is 14.8 Å². The molecule has 1 saturated heterocycles. The summed E-state index contributed by atoms with van der Waals surface area (Å²) in [6.07, 6.45) is 5.78. The highest BCUT2D eigenvalue weighted by Crippen LogP contribution is 2.28. The molecular formula is C16H20N4OS. The summed E-state index contributed by atoms with van der Waals surface area (Å²) in [5.74, 6) is 0.170. The molecule has 0 atom stereocenters. The molecule has 1 saturated carbocycles. The Hall–Kier alpha value is -1.66. The molecule has 3 heterocycles. The Bertz CT molecular complexity index is 639. The number of piperazine rings is 1. The average Bonchev–Trinajstić information content (AvgIpc) is 3.16. The second-order valence-electron chi connectivity index (χ2n) is 6.05. The van der Waals surface area contributed by atoms with E-state index in [0.29, 0.717) is 0 Å². The van der Waals surface area contributed by atoms with Crippen molar-refractivity contribution >= 4 is 17.2 Å². The number of hydrogen-bond acceptors (Lipinski definition) is 4. The third kappa shape index (κ3) is 2.57. The van der Waals surface area contributed by atoms with E-state index in [2.05, 4.69) is 15.1 Å². The second-order valence-corrected chi connectivity index (χ2v) is 7.13. The van der Waals surface area contributed by atoms with Gasteiger partial charge in [0.2, 0.25) is 0 Å². The smallest absolute Gasteiger partial charge is 0.264 e. The predicted molar refractivity (Wildman–Crippen MR) is 87.0 cm³/mol. The van der Waals surface area contributed by atoms with E-state index in [4.69, 9.17) is 0 Å². The van der Waals surface area contributed by atoms with Gasteiger partial charge in [0.05, 0.1) is 15.4 Å². The molecule has 2 aromatic heterocycles. The van der Waals surface area contributed by atoms with Crippen LogP contribution >= 0.6 is 11.3 Å². The van der Waals surface area contributed by atoms with Gasteiger partial charge in [-0.25, -0.2) is 0 Å². The highest BCUT2D eigenvalue weighted by Gasteiger charge is 2.29. The summed E-state index contributed by atoms with van der Waals surface area (Å²) in [7, 11) is 0. The molecule has 1 aliphatic heterocycles. The van der Waals surface area contributed by atoms with Gasteiger partial charge in [0, 0.05) is 38.4 Å². The van der Waals surface area contributed by atoms with E-state index in [9.17, 15) is 4.79 Å². The monoisotopic (exact) mass is 316 g/mol. The van der Waals surface area contributed by atoms with Crippen LogP contribution < -0.4 is 0 Å². The lowest BCUT2D eigenvalue weighted by atomic mass is 9.91. The van der Waals surface area contributed by atoms with Gasteiger partial charge in [-0.05, 0) is 31.0 Å². The van der Waals surface area contributed by atoms with Crippen LogP contribution in [0.2, 0.25) is 0 Å². The van der Waals surface area contributed by atoms with E-state index in [1.165, 1.54) is 30.6 Å². The Balaban J connectivity index is 1.40. The number of amides is 1. The van der Waals surface area contributed by atoms with Crippen molar-refractivity contribution in [1.82, 2.24) is 20.0 Å². The summed E-state index contributed by atoms with van der Waals surface area (Å²) in [6, 6.07) is 6.64. The lowest BCUT2D eigenvalue weighted by Crippen LogP contribution is -2.53. The van der Waals surface area contributed by atoms with E-state index >= 15 is 0 Å². The Labute approximate surface area is 133 Å². The molecule has 116 valence electrons. The Kier molecular flexibility index (Phi) is 3.72. The quantitative estimate of drug-likeness (QED) is 0.946. The van der Waals surface area contributed by atoms with Crippen molar-refractivity contribution in [2.45, 2.75) is 25.3 Å². The number of nitrogens with one attached hydrogen (secondary N) is 1. The molecule has 1 N–H and O–H groups in total. The lowest BCUT2D eigenvalue weighted by Gasteiger charge is -2.42. The molecular weight excluding hydrogens is 296 g/mol. The highest BCUT2D eigenvalue weighted by atomic mass is 32.1. The average molecular weight is 316 g/mol. The number of carbonyl (C=O) groups excluding carboxylic acids is 1. The minimum absolute atomic E-state index is 0.170. The first-order valence-corrected chi connectivity index (χ1v) is 8.76. The molecule has 22 heavy (non-hydrogen) atoms. The van der Waals surface area contributed by atoms with Gasteiger partial charge in [-0.15, -0.1) is 11.3 Å². The number of nitrogens with zero attached hydrogens (tertiary/aromatic N) is 3. The van der Waals surface area contributed by atoms with Crippen molar-refractivity contribution in [1.29, 1.82) is 0 Å². The molecule has 4 rings (SSSR count). The first kappa shape index (κ1) is 14.0. The predicted octanol–water partition coefficient (Wildman–Crippen LogP) is 2.45. The van der Waals surface area contributed by atoms with Crippen molar-refractivity contribution in [3.63, 3.8) is 0 Å². The Morgan fingerprint density at radius 2 is 2.00 bits per heavy atom. The third-order valence-electron chi connectivity index (χ3n) is 4.78. The van der Waals surface area contributed by atoms with Crippen molar-refractivity contribution < 1.29 is 4.79 Å². The first-order valence-electron chi connectivity index (χ1n) is 7.94. The van der Waals surface area contributed by atoms with Crippen LogP contribution in [-0.2, 0) is 0 Å². The van der Waals surface area contributed by atoms with Crippen LogP contribution in [0.5, 0.6) is 0 Å². The molecule has 0 bridgehead atoms. The summed E-state index contributed by atoms with van der Waals surface area (Å²) in [6.45, 7) is 3.75. The summed E-state index contributed by atoms with van der Waals surface area (Å²) in [5.41, 5.74) is 0.971. The van der Waals surface area contributed by atoms with Gasteiger partial charge in [0.1, 0.15) is 0 Å². The summed E-state index contributed by atoms with van der Waals surface area (Å²) in [5, 5.41) is 6.91. The van der Waals surface area contributed by atoms with Crippen LogP contribution in [0.1, 0.15) is 28.9 Å². The first-order chi connectivity index (χ1) is 10.8. The number of carbonyl (C=O) groups is 1. The fourth-order valence-electron chi connectivity index (χ4n) is 3.19. The van der Waals surface area contributed by atoms with Gasteiger partial charge < -0.3 is 4.90 Å².